The molecule has 0 radical (unpaired) electrons. The average Bonchev–Trinajstić information content (AvgIpc) is 2.26. The van der Waals surface area contributed by atoms with E-state index in [9.17, 15) is 4.79 Å². The van der Waals surface area contributed by atoms with Crippen LogP contribution < -0.4 is 9.47 Å². The summed E-state index contributed by atoms with van der Waals surface area (Å²) in [4.78, 5) is 10.4. The van der Waals surface area contributed by atoms with Gasteiger partial charge < -0.3 is 19.7 Å². The monoisotopic (exact) mass is 290 g/mol. The topological polar surface area (TPSA) is 76.0 Å². The van der Waals surface area contributed by atoms with E-state index in [1.165, 1.54) is 7.11 Å². The summed E-state index contributed by atoms with van der Waals surface area (Å²) in [6.07, 6.45) is 0. The highest BCUT2D eigenvalue weighted by atomic mass is 79.9. The SMILES string of the molecule is COc1cc(CO)c(Br)cc1OCC(=O)O. The Morgan fingerprint density at radius 3 is 2.62 bits per heavy atom. The summed E-state index contributed by atoms with van der Waals surface area (Å²) in [6.45, 7) is -0.586. The third-order valence-electron chi connectivity index (χ3n) is 1.85. The third-order valence-corrected chi connectivity index (χ3v) is 2.59. The Kier molecular flexibility index (Phi) is 4.57. The van der Waals surface area contributed by atoms with E-state index in [0.29, 0.717) is 21.5 Å². The second-order valence-corrected chi connectivity index (χ2v) is 3.79. The van der Waals surface area contributed by atoms with Gasteiger partial charge in [-0.3, -0.25) is 0 Å². The van der Waals surface area contributed by atoms with Gasteiger partial charge in [0.1, 0.15) is 0 Å². The van der Waals surface area contributed by atoms with Gasteiger partial charge in [0.25, 0.3) is 0 Å². The zero-order valence-electron chi connectivity index (χ0n) is 8.57. The van der Waals surface area contributed by atoms with Crippen LogP contribution in [0.25, 0.3) is 0 Å². The van der Waals surface area contributed by atoms with Crippen LogP contribution in [0.2, 0.25) is 0 Å². The quantitative estimate of drug-likeness (QED) is 0.858. The van der Waals surface area contributed by atoms with Crippen LogP contribution in [0.15, 0.2) is 16.6 Å². The number of methoxy groups -OCH3 is 1. The van der Waals surface area contributed by atoms with Crippen molar-refractivity contribution in [1.82, 2.24) is 0 Å². The van der Waals surface area contributed by atoms with Crippen LogP contribution in [0, 0.1) is 0 Å². The van der Waals surface area contributed by atoms with Crippen LogP contribution in [0.4, 0.5) is 0 Å². The summed E-state index contributed by atoms with van der Waals surface area (Å²) in [5.41, 5.74) is 0.638. The third kappa shape index (κ3) is 3.11. The molecule has 0 bridgehead atoms. The van der Waals surface area contributed by atoms with Gasteiger partial charge in [0.05, 0.1) is 13.7 Å². The van der Waals surface area contributed by atoms with Gasteiger partial charge in [0, 0.05) is 4.47 Å². The molecular formula is C10H11BrO5. The summed E-state index contributed by atoms with van der Waals surface area (Å²) in [5, 5.41) is 17.5. The lowest BCUT2D eigenvalue weighted by atomic mass is 10.2. The van der Waals surface area contributed by atoms with E-state index < -0.39 is 12.6 Å². The van der Waals surface area contributed by atoms with Crippen LogP contribution in [0.5, 0.6) is 11.5 Å². The van der Waals surface area contributed by atoms with Crippen LogP contribution in [-0.4, -0.2) is 29.9 Å². The highest BCUT2D eigenvalue weighted by molar-refractivity contribution is 9.10. The number of hydrogen-bond acceptors (Lipinski definition) is 4. The van der Waals surface area contributed by atoms with Crippen LogP contribution in [0.1, 0.15) is 5.56 Å². The molecule has 0 atom stereocenters. The Labute approximate surface area is 101 Å². The van der Waals surface area contributed by atoms with Gasteiger partial charge in [0.15, 0.2) is 18.1 Å². The minimum atomic E-state index is -1.07. The number of aliphatic carboxylic acids is 1. The maximum Gasteiger partial charge on any atom is 0.341 e. The Hall–Kier alpha value is -1.27. The number of aliphatic hydroxyl groups excluding tert-OH is 1. The first-order valence-corrected chi connectivity index (χ1v) is 5.19. The number of carboxylic acid groups (broad SMARTS) is 1. The molecule has 0 aliphatic carbocycles. The fraction of sp³-hybridized carbons (Fsp3) is 0.300. The molecule has 0 saturated heterocycles. The van der Waals surface area contributed by atoms with Crippen molar-refractivity contribution < 1.29 is 24.5 Å². The van der Waals surface area contributed by atoms with E-state index in [1.54, 1.807) is 12.1 Å². The molecular weight excluding hydrogens is 280 g/mol. The fourth-order valence-corrected chi connectivity index (χ4v) is 1.56. The van der Waals surface area contributed by atoms with Gasteiger partial charge in [-0.15, -0.1) is 0 Å². The molecule has 1 aromatic carbocycles. The molecule has 0 amide bonds. The van der Waals surface area contributed by atoms with Gasteiger partial charge in [-0.1, -0.05) is 15.9 Å². The summed E-state index contributed by atoms with van der Waals surface area (Å²) >= 11 is 3.23. The highest BCUT2D eigenvalue weighted by Gasteiger charge is 2.10. The highest BCUT2D eigenvalue weighted by Crippen LogP contribution is 2.33. The minimum absolute atomic E-state index is 0.143. The molecule has 0 saturated carbocycles. The summed E-state index contributed by atoms with van der Waals surface area (Å²) in [6, 6.07) is 3.15. The van der Waals surface area contributed by atoms with Crippen LogP contribution >= 0.6 is 15.9 Å². The normalized spacial score (nSPS) is 9.94. The summed E-state index contributed by atoms with van der Waals surface area (Å²) in [5.74, 6) is -0.369. The molecule has 88 valence electrons. The van der Waals surface area contributed by atoms with Gasteiger partial charge in [-0.25, -0.2) is 4.79 Å². The van der Waals surface area contributed by atoms with Crippen molar-refractivity contribution in [3.05, 3.63) is 22.2 Å². The molecule has 0 aliphatic rings. The minimum Gasteiger partial charge on any atom is -0.493 e. The number of ether oxygens (including phenoxy) is 2. The first-order valence-electron chi connectivity index (χ1n) is 4.40. The molecule has 5 nitrogen and oxygen atoms in total. The zero-order chi connectivity index (χ0) is 12.1. The summed E-state index contributed by atoms with van der Waals surface area (Å²) < 4.78 is 10.7. The standard InChI is InChI=1S/C10H11BrO5/c1-15-8-2-6(4-12)7(11)3-9(8)16-5-10(13)14/h2-3,12H,4-5H2,1H3,(H,13,14). The van der Waals surface area contributed by atoms with Crippen molar-refractivity contribution in [2.75, 3.05) is 13.7 Å². The van der Waals surface area contributed by atoms with Crippen molar-refractivity contribution in [2.45, 2.75) is 6.61 Å². The van der Waals surface area contributed by atoms with E-state index in [2.05, 4.69) is 15.9 Å². The fourth-order valence-electron chi connectivity index (χ4n) is 1.11. The zero-order valence-corrected chi connectivity index (χ0v) is 10.2. The molecule has 1 aromatic rings. The van der Waals surface area contributed by atoms with Gasteiger partial charge in [0.2, 0.25) is 0 Å². The molecule has 6 heteroatoms. The van der Waals surface area contributed by atoms with Crippen LogP contribution in [-0.2, 0) is 11.4 Å². The number of hydrogen-bond donors (Lipinski definition) is 2. The Morgan fingerprint density at radius 2 is 2.12 bits per heavy atom. The number of benzene rings is 1. The smallest absolute Gasteiger partial charge is 0.341 e. The second kappa shape index (κ2) is 5.72. The first-order chi connectivity index (χ1) is 7.58. The van der Waals surface area contributed by atoms with Crippen molar-refractivity contribution >= 4 is 21.9 Å². The Balaban J connectivity index is 2.98. The number of carboxylic acids is 1. The van der Waals surface area contributed by atoms with Crippen molar-refractivity contribution in [3.8, 4) is 11.5 Å². The van der Waals surface area contributed by atoms with Crippen molar-refractivity contribution in [1.29, 1.82) is 0 Å². The first kappa shape index (κ1) is 12.8. The molecule has 1 rings (SSSR count). The Bertz CT molecular complexity index is 391. The number of aliphatic hydroxyl groups is 1. The molecule has 16 heavy (non-hydrogen) atoms. The predicted octanol–water partition coefficient (Wildman–Crippen LogP) is 1.41. The van der Waals surface area contributed by atoms with Gasteiger partial charge in [-0.05, 0) is 17.7 Å². The van der Waals surface area contributed by atoms with Crippen molar-refractivity contribution in [3.63, 3.8) is 0 Å². The van der Waals surface area contributed by atoms with Gasteiger partial charge >= 0.3 is 5.97 Å². The number of rotatable bonds is 5. The molecule has 2 N–H and O–H groups in total. The molecule has 0 aliphatic heterocycles. The van der Waals surface area contributed by atoms with E-state index in [1.807, 2.05) is 0 Å². The summed E-state index contributed by atoms with van der Waals surface area (Å²) in [7, 11) is 1.44. The molecule has 0 fully saturated rings. The molecule has 0 unspecified atom stereocenters. The number of carbonyl (C=O) groups is 1. The average molecular weight is 291 g/mol. The van der Waals surface area contributed by atoms with Crippen molar-refractivity contribution in [2.24, 2.45) is 0 Å². The molecule has 0 spiro atoms. The lowest BCUT2D eigenvalue weighted by molar-refractivity contribution is -0.139. The molecule has 0 aromatic heterocycles. The van der Waals surface area contributed by atoms with Crippen LogP contribution in [0.3, 0.4) is 0 Å². The van der Waals surface area contributed by atoms with E-state index in [4.69, 9.17) is 19.7 Å². The van der Waals surface area contributed by atoms with E-state index >= 15 is 0 Å². The lowest BCUT2D eigenvalue weighted by Gasteiger charge is -2.11. The predicted molar refractivity (Wildman–Crippen MR) is 59.7 cm³/mol. The maximum atomic E-state index is 10.4. The second-order valence-electron chi connectivity index (χ2n) is 2.94. The number of halogens is 1. The van der Waals surface area contributed by atoms with E-state index in [0.717, 1.165) is 0 Å². The van der Waals surface area contributed by atoms with Gasteiger partial charge in [-0.2, -0.15) is 0 Å². The maximum absolute atomic E-state index is 10.4. The largest absolute Gasteiger partial charge is 0.493 e. The lowest BCUT2D eigenvalue weighted by Crippen LogP contribution is -2.10. The van der Waals surface area contributed by atoms with E-state index in [-0.39, 0.29) is 6.61 Å². The Morgan fingerprint density at radius 1 is 1.44 bits per heavy atom. The molecule has 0 heterocycles.